The molecule has 0 saturated carbocycles. The molecule has 0 saturated heterocycles. The van der Waals surface area contributed by atoms with Crippen LogP contribution < -0.4 is 10.9 Å². The van der Waals surface area contributed by atoms with Crippen molar-refractivity contribution in [3.05, 3.63) is 76.7 Å². The Morgan fingerprint density at radius 1 is 1.09 bits per heavy atom. The number of para-hydroxylation sites is 1. The SMILES string of the molecule is CC(C)N(CCCNC(=O)Cn1c2ccccc2c2cn[nH]c(=O)c21)Cc1ccccc1. The smallest absolute Gasteiger partial charge is 0.288 e. The zero-order valence-corrected chi connectivity index (χ0v) is 18.5. The van der Waals surface area contributed by atoms with Crippen molar-refractivity contribution in [3.63, 3.8) is 0 Å². The molecule has 2 N–H and O–H groups in total. The van der Waals surface area contributed by atoms with E-state index in [2.05, 4.69) is 58.5 Å². The lowest BCUT2D eigenvalue weighted by molar-refractivity contribution is -0.121. The minimum atomic E-state index is -0.292. The van der Waals surface area contributed by atoms with E-state index in [0.29, 0.717) is 18.1 Å². The Morgan fingerprint density at radius 2 is 1.84 bits per heavy atom. The molecule has 7 nitrogen and oxygen atoms in total. The van der Waals surface area contributed by atoms with Gasteiger partial charge in [-0.05, 0) is 31.9 Å². The maximum Gasteiger partial charge on any atom is 0.288 e. The molecule has 0 bridgehead atoms. The molecule has 0 unspecified atom stereocenters. The van der Waals surface area contributed by atoms with Crippen LogP contribution in [0.3, 0.4) is 0 Å². The van der Waals surface area contributed by atoms with Crippen LogP contribution in [0.15, 0.2) is 65.6 Å². The third kappa shape index (κ3) is 4.73. The van der Waals surface area contributed by atoms with Gasteiger partial charge in [0.15, 0.2) is 0 Å². The summed E-state index contributed by atoms with van der Waals surface area (Å²) >= 11 is 0. The first-order chi connectivity index (χ1) is 15.5. The fourth-order valence-corrected chi connectivity index (χ4v) is 4.13. The lowest BCUT2D eigenvalue weighted by Gasteiger charge is -2.26. The minimum absolute atomic E-state index is 0.0923. The van der Waals surface area contributed by atoms with E-state index in [1.807, 2.05) is 30.3 Å². The topological polar surface area (TPSA) is 83.0 Å². The van der Waals surface area contributed by atoms with Crippen LogP contribution in [-0.2, 0) is 17.9 Å². The van der Waals surface area contributed by atoms with E-state index in [1.165, 1.54) is 5.56 Å². The number of H-pyrrole nitrogens is 1. The lowest BCUT2D eigenvalue weighted by Crippen LogP contribution is -2.34. The Bertz CT molecular complexity index is 1260. The summed E-state index contributed by atoms with van der Waals surface area (Å²) in [5.74, 6) is -0.108. The van der Waals surface area contributed by atoms with Crippen LogP contribution in [0.25, 0.3) is 21.8 Å². The molecule has 0 atom stereocenters. The number of rotatable bonds is 9. The minimum Gasteiger partial charge on any atom is -0.355 e. The van der Waals surface area contributed by atoms with Crippen LogP contribution in [0.2, 0.25) is 0 Å². The highest BCUT2D eigenvalue weighted by Crippen LogP contribution is 2.25. The second kappa shape index (κ2) is 9.78. The number of carbonyl (C=O) groups is 1. The fourth-order valence-electron chi connectivity index (χ4n) is 4.13. The maximum atomic E-state index is 12.7. The fraction of sp³-hybridized carbons (Fsp3) is 0.320. The molecule has 32 heavy (non-hydrogen) atoms. The van der Waals surface area contributed by atoms with Crippen LogP contribution in [0.1, 0.15) is 25.8 Å². The Morgan fingerprint density at radius 3 is 2.62 bits per heavy atom. The molecule has 2 aromatic carbocycles. The molecule has 0 aliphatic carbocycles. The molecule has 2 aromatic heterocycles. The van der Waals surface area contributed by atoms with Gasteiger partial charge in [0.1, 0.15) is 12.1 Å². The molecule has 0 fully saturated rings. The van der Waals surface area contributed by atoms with E-state index in [4.69, 9.17) is 0 Å². The normalized spacial score (nSPS) is 11.6. The van der Waals surface area contributed by atoms with Crippen LogP contribution >= 0.6 is 0 Å². The summed E-state index contributed by atoms with van der Waals surface area (Å²) in [5.41, 5.74) is 2.33. The first kappa shape index (κ1) is 21.8. The first-order valence-corrected chi connectivity index (χ1v) is 11.0. The third-order valence-electron chi connectivity index (χ3n) is 5.79. The molecule has 4 aromatic rings. The van der Waals surface area contributed by atoms with Crippen molar-refractivity contribution in [2.45, 2.75) is 39.4 Å². The largest absolute Gasteiger partial charge is 0.355 e. The quantitative estimate of drug-likeness (QED) is 0.399. The number of amides is 1. The van der Waals surface area contributed by atoms with Gasteiger partial charge in [-0.2, -0.15) is 5.10 Å². The molecule has 0 aliphatic heterocycles. The second-order valence-electron chi connectivity index (χ2n) is 8.32. The first-order valence-electron chi connectivity index (χ1n) is 11.0. The summed E-state index contributed by atoms with van der Waals surface area (Å²) in [6.45, 7) is 6.85. The predicted molar refractivity (Wildman–Crippen MR) is 127 cm³/mol. The summed E-state index contributed by atoms with van der Waals surface area (Å²) in [4.78, 5) is 27.5. The lowest BCUT2D eigenvalue weighted by atomic mass is 10.2. The maximum absolute atomic E-state index is 12.7. The van der Waals surface area contributed by atoms with Gasteiger partial charge in [-0.3, -0.25) is 14.5 Å². The highest BCUT2D eigenvalue weighted by Gasteiger charge is 2.16. The predicted octanol–water partition coefficient (Wildman–Crippen LogP) is 3.29. The Hall–Kier alpha value is -3.45. The average Bonchev–Trinajstić information content (AvgIpc) is 3.11. The van der Waals surface area contributed by atoms with E-state index < -0.39 is 0 Å². The number of fused-ring (bicyclic) bond motifs is 3. The molecule has 4 rings (SSSR count). The van der Waals surface area contributed by atoms with Gasteiger partial charge in [-0.1, -0.05) is 48.5 Å². The molecule has 0 spiro atoms. The van der Waals surface area contributed by atoms with Crippen molar-refractivity contribution < 1.29 is 4.79 Å². The average molecular weight is 432 g/mol. The summed E-state index contributed by atoms with van der Waals surface area (Å²) in [6, 6.07) is 18.5. The van der Waals surface area contributed by atoms with E-state index in [1.54, 1.807) is 10.8 Å². The Labute approximate surface area is 187 Å². The van der Waals surface area contributed by atoms with Gasteiger partial charge >= 0.3 is 0 Å². The van der Waals surface area contributed by atoms with Gasteiger partial charge in [0.2, 0.25) is 5.91 Å². The number of aromatic amines is 1. The number of nitrogens with zero attached hydrogens (tertiary/aromatic N) is 3. The number of aromatic nitrogens is 3. The Balaban J connectivity index is 1.38. The molecular formula is C25H29N5O2. The summed E-state index contributed by atoms with van der Waals surface area (Å²) < 4.78 is 1.77. The zero-order valence-electron chi connectivity index (χ0n) is 18.5. The molecule has 166 valence electrons. The number of nitrogens with one attached hydrogen (secondary N) is 2. The summed E-state index contributed by atoms with van der Waals surface area (Å²) in [6.07, 6.45) is 2.50. The van der Waals surface area contributed by atoms with E-state index in [-0.39, 0.29) is 18.0 Å². The van der Waals surface area contributed by atoms with Crippen LogP contribution in [0.5, 0.6) is 0 Å². The van der Waals surface area contributed by atoms with Crippen molar-refractivity contribution in [1.82, 2.24) is 25.0 Å². The van der Waals surface area contributed by atoms with Crippen LogP contribution in [0.4, 0.5) is 0 Å². The monoisotopic (exact) mass is 431 g/mol. The molecular weight excluding hydrogens is 402 g/mol. The number of hydrogen-bond donors (Lipinski definition) is 2. The number of carbonyl (C=O) groups excluding carboxylic acids is 1. The third-order valence-corrected chi connectivity index (χ3v) is 5.79. The van der Waals surface area contributed by atoms with Crippen molar-refractivity contribution in [2.75, 3.05) is 13.1 Å². The highest BCUT2D eigenvalue weighted by molar-refractivity contribution is 6.07. The van der Waals surface area contributed by atoms with Gasteiger partial charge in [0.05, 0.1) is 6.20 Å². The molecule has 0 aliphatic rings. The second-order valence-corrected chi connectivity index (χ2v) is 8.32. The molecule has 7 heteroatoms. The standard InChI is InChI=1S/C25H29N5O2/c1-18(2)29(16-19-9-4-3-5-10-19)14-8-13-26-23(31)17-30-22-12-7-6-11-20(22)21-15-27-28-25(32)24(21)30/h3-7,9-12,15,18H,8,13-14,16-17H2,1-2H3,(H,26,31)(H,28,32). The van der Waals surface area contributed by atoms with Gasteiger partial charge in [-0.25, -0.2) is 5.10 Å². The van der Waals surface area contributed by atoms with Gasteiger partial charge < -0.3 is 9.88 Å². The molecule has 1 amide bonds. The van der Waals surface area contributed by atoms with Crippen LogP contribution in [0, 0.1) is 0 Å². The summed E-state index contributed by atoms with van der Waals surface area (Å²) in [5, 5.41) is 11.1. The van der Waals surface area contributed by atoms with E-state index in [0.717, 1.165) is 35.8 Å². The Kier molecular flexibility index (Phi) is 6.66. The van der Waals surface area contributed by atoms with Gasteiger partial charge in [0, 0.05) is 42.0 Å². The van der Waals surface area contributed by atoms with Crippen molar-refractivity contribution in [3.8, 4) is 0 Å². The van der Waals surface area contributed by atoms with E-state index in [9.17, 15) is 9.59 Å². The highest BCUT2D eigenvalue weighted by atomic mass is 16.2. The van der Waals surface area contributed by atoms with E-state index >= 15 is 0 Å². The van der Waals surface area contributed by atoms with Crippen LogP contribution in [-0.4, -0.2) is 44.7 Å². The number of benzene rings is 2. The van der Waals surface area contributed by atoms with Gasteiger partial charge in [0.25, 0.3) is 5.56 Å². The van der Waals surface area contributed by atoms with Gasteiger partial charge in [-0.15, -0.1) is 0 Å². The van der Waals surface area contributed by atoms with Crippen molar-refractivity contribution in [1.29, 1.82) is 0 Å². The van der Waals surface area contributed by atoms with Crippen molar-refractivity contribution >= 4 is 27.7 Å². The summed E-state index contributed by atoms with van der Waals surface area (Å²) in [7, 11) is 0. The zero-order chi connectivity index (χ0) is 22.5. The molecule has 2 heterocycles. The van der Waals surface area contributed by atoms with Crippen molar-refractivity contribution in [2.24, 2.45) is 0 Å². The molecule has 0 radical (unpaired) electrons. The number of hydrogen-bond acceptors (Lipinski definition) is 4.